The number of pyridine rings is 2. The van der Waals surface area contributed by atoms with Crippen LogP contribution >= 0.6 is 0 Å². The minimum absolute atomic E-state index is 0.217. The predicted octanol–water partition coefficient (Wildman–Crippen LogP) is 3.30. The average Bonchev–Trinajstić information content (AvgIpc) is 3.53. The summed E-state index contributed by atoms with van der Waals surface area (Å²) in [4.78, 5) is 26.5. The van der Waals surface area contributed by atoms with Crippen molar-refractivity contribution in [3.05, 3.63) is 60.1 Å². The summed E-state index contributed by atoms with van der Waals surface area (Å²) in [5, 5.41) is 16.2. The van der Waals surface area contributed by atoms with Gasteiger partial charge in [-0.25, -0.2) is 4.68 Å². The number of amides is 1. The molecule has 1 aliphatic heterocycles. The highest BCUT2D eigenvalue weighted by molar-refractivity contribution is 6.03. The second kappa shape index (κ2) is 9.97. The highest BCUT2D eigenvalue weighted by Gasteiger charge is 2.21. The number of piperazine rings is 1. The molecule has 11 heteroatoms. The van der Waals surface area contributed by atoms with Crippen molar-refractivity contribution in [1.29, 1.82) is 0 Å². The van der Waals surface area contributed by atoms with E-state index in [1.165, 1.54) is 0 Å². The standard InChI is InChI=1S/C27H34N10O/c1-18-11-23(32-37(18)27(3,4)5)26(38)30-21-13-25(19(2)29-15-21)36-17-24(31-33-36)20-12-22(16-28-14-20)35-9-7-34(6)8-10-35/h11-17H,7-10H2,1-6H3,(H,30,38). The second-order valence-electron chi connectivity index (χ2n) is 10.8. The van der Waals surface area contributed by atoms with E-state index in [9.17, 15) is 4.79 Å². The van der Waals surface area contributed by atoms with Crippen LogP contribution in [0.15, 0.2) is 43.0 Å². The lowest BCUT2D eigenvalue weighted by atomic mass is 10.1. The molecule has 0 bridgehead atoms. The first-order valence-electron chi connectivity index (χ1n) is 12.8. The van der Waals surface area contributed by atoms with Crippen LogP contribution in [0.25, 0.3) is 16.9 Å². The Bertz CT molecular complexity index is 1460. The molecule has 4 aromatic rings. The van der Waals surface area contributed by atoms with Gasteiger partial charge in [0.15, 0.2) is 5.69 Å². The van der Waals surface area contributed by atoms with Crippen LogP contribution in [0.3, 0.4) is 0 Å². The van der Waals surface area contributed by atoms with E-state index in [1.807, 2.05) is 37.0 Å². The van der Waals surface area contributed by atoms with Crippen LogP contribution in [0.5, 0.6) is 0 Å². The Hall–Kier alpha value is -4.12. The number of nitrogens with one attached hydrogen (secondary N) is 1. The summed E-state index contributed by atoms with van der Waals surface area (Å²) in [6.07, 6.45) is 7.18. The maximum atomic E-state index is 12.9. The number of anilines is 2. The lowest BCUT2D eigenvalue weighted by Crippen LogP contribution is -2.44. The zero-order chi connectivity index (χ0) is 27.0. The molecule has 0 spiro atoms. The summed E-state index contributed by atoms with van der Waals surface area (Å²) in [6.45, 7) is 14.0. The Morgan fingerprint density at radius 1 is 1.00 bits per heavy atom. The Morgan fingerprint density at radius 2 is 1.76 bits per heavy atom. The lowest BCUT2D eigenvalue weighted by molar-refractivity contribution is 0.102. The molecule has 1 saturated heterocycles. The van der Waals surface area contributed by atoms with Gasteiger partial charge in [0.25, 0.3) is 5.91 Å². The van der Waals surface area contributed by atoms with Crippen LogP contribution in [0.2, 0.25) is 0 Å². The third kappa shape index (κ3) is 5.28. The predicted molar refractivity (Wildman–Crippen MR) is 147 cm³/mol. The van der Waals surface area contributed by atoms with Crippen molar-refractivity contribution in [2.75, 3.05) is 43.4 Å². The SMILES string of the molecule is Cc1ncc(NC(=O)c2cc(C)n(C(C)(C)C)n2)cc1-n1cc(-c2cncc(N3CCN(C)CC3)c2)nn1. The Labute approximate surface area is 222 Å². The minimum atomic E-state index is -0.293. The molecule has 38 heavy (non-hydrogen) atoms. The van der Waals surface area contributed by atoms with E-state index in [0.717, 1.165) is 54.5 Å². The Morgan fingerprint density at radius 3 is 2.47 bits per heavy atom. The lowest BCUT2D eigenvalue weighted by Gasteiger charge is -2.33. The van der Waals surface area contributed by atoms with Gasteiger partial charge < -0.3 is 15.1 Å². The fourth-order valence-electron chi connectivity index (χ4n) is 4.60. The number of hydrogen-bond donors (Lipinski definition) is 1. The van der Waals surface area contributed by atoms with Crippen molar-refractivity contribution >= 4 is 17.3 Å². The van der Waals surface area contributed by atoms with E-state index in [4.69, 9.17) is 0 Å². The molecule has 1 fully saturated rings. The van der Waals surface area contributed by atoms with E-state index in [0.29, 0.717) is 17.1 Å². The van der Waals surface area contributed by atoms with E-state index < -0.39 is 0 Å². The molecular formula is C27H34N10O. The first kappa shape index (κ1) is 25.5. The fourth-order valence-corrected chi connectivity index (χ4v) is 4.60. The summed E-state index contributed by atoms with van der Waals surface area (Å²) in [5.74, 6) is -0.293. The van der Waals surface area contributed by atoms with Crippen LogP contribution in [0.1, 0.15) is 42.6 Å². The van der Waals surface area contributed by atoms with Gasteiger partial charge >= 0.3 is 0 Å². The summed E-state index contributed by atoms with van der Waals surface area (Å²) in [5.41, 5.74) is 5.79. The molecule has 5 rings (SSSR count). The molecule has 5 heterocycles. The highest BCUT2D eigenvalue weighted by Crippen LogP contribution is 2.25. The smallest absolute Gasteiger partial charge is 0.276 e. The van der Waals surface area contributed by atoms with Crippen molar-refractivity contribution in [2.45, 2.75) is 40.2 Å². The molecule has 0 aliphatic carbocycles. The zero-order valence-corrected chi connectivity index (χ0v) is 22.8. The quantitative estimate of drug-likeness (QED) is 0.432. The van der Waals surface area contributed by atoms with E-state index in [-0.39, 0.29) is 11.4 Å². The molecular weight excluding hydrogens is 480 g/mol. The van der Waals surface area contributed by atoms with Gasteiger partial charge in [0.05, 0.1) is 46.9 Å². The van der Waals surface area contributed by atoms with Crippen molar-refractivity contribution in [3.8, 4) is 16.9 Å². The summed E-state index contributed by atoms with van der Waals surface area (Å²) in [7, 11) is 2.14. The summed E-state index contributed by atoms with van der Waals surface area (Å²) >= 11 is 0. The van der Waals surface area contributed by atoms with Gasteiger partial charge in [-0.05, 0) is 59.9 Å². The molecule has 1 aliphatic rings. The van der Waals surface area contributed by atoms with Gasteiger partial charge in [0.1, 0.15) is 5.69 Å². The molecule has 0 radical (unpaired) electrons. The Balaban J connectivity index is 1.35. The van der Waals surface area contributed by atoms with Gasteiger partial charge in [-0.15, -0.1) is 5.10 Å². The number of hydrogen-bond acceptors (Lipinski definition) is 8. The third-order valence-electron chi connectivity index (χ3n) is 6.70. The zero-order valence-electron chi connectivity index (χ0n) is 22.8. The third-order valence-corrected chi connectivity index (χ3v) is 6.70. The van der Waals surface area contributed by atoms with Crippen molar-refractivity contribution in [3.63, 3.8) is 0 Å². The van der Waals surface area contributed by atoms with Crippen LogP contribution in [0.4, 0.5) is 11.4 Å². The van der Waals surface area contributed by atoms with Gasteiger partial charge in [-0.1, -0.05) is 5.21 Å². The normalized spacial score (nSPS) is 14.6. The van der Waals surface area contributed by atoms with Crippen molar-refractivity contribution < 1.29 is 4.79 Å². The van der Waals surface area contributed by atoms with E-state index in [1.54, 1.807) is 23.1 Å². The highest BCUT2D eigenvalue weighted by atomic mass is 16.2. The van der Waals surface area contributed by atoms with Crippen LogP contribution in [-0.4, -0.2) is 78.8 Å². The summed E-state index contributed by atoms with van der Waals surface area (Å²) in [6, 6.07) is 5.73. The molecule has 0 unspecified atom stereocenters. The number of aryl methyl sites for hydroxylation is 2. The fraction of sp³-hybridized carbons (Fsp3) is 0.407. The minimum Gasteiger partial charge on any atom is -0.368 e. The van der Waals surface area contributed by atoms with Gasteiger partial charge in [-0.3, -0.25) is 19.4 Å². The van der Waals surface area contributed by atoms with Crippen LogP contribution < -0.4 is 10.2 Å². The topological polar surface area (TPSA) is 110 Å². The number of likely N-dealkylation sites (N-methyl/N-ethyl adjacent to an activating group) is 1. The number of aromatic nitrogens is 7. The second-order valence-corrected chi connectivity index (χ2v) is 10.8. The molecule has 11 nitrogen and oxygen atoms in total. The first-order valence-corrected chi connectivity index (χ1v) is 12.8. The molecule has 1 N–H and O–H groups in total. The number of carbonyl (C=O) groups excluding carboxylic acids is 1. The van der Waals surface area contributed by atoms with E-state index in [2.05, 4.69) is 74.4 Å². The number of nitrogens with zero attached hydrogens (tertiary/aromatic N) is 9. The maximum absolute atomic E-state index is 12.9. The monoisotopic (exact) mass is 514 g/mol. The van der Waals surface area contributed by atoms with Gasteiger partial charge in [0, 0.05) is 43.6 Å². The first-order chi connectivity index (χ1) is 18.1. The van der Waals surface area contributed by atoms with E-state index >= 15 is 0 Å². The van der Waals surface area contributed by atoms with Gasteiger partial charge in [-0.2, -0.15) is 5.10 Å². The molecule has 0 atom stereocenters. The molecule has 0 saturated carbocycles. The Kier molecular flexibility index (Phi) is 6.70. The van der Waals surface area contributed by atoms with Crippen molar-refractivity contribution in [1.82, 2.24) is 39.6 Å². The average molecular weight is 515 g/mol. The molecule has 4 aromatic heterocycles. The van der Waals surface area contributed by atoms with Crippen molar-refractivity contribution in [2.24, 2.45) is 0 Å². The summed E-state index contributed by atoms with van der Waals surface area (Å²) < 4.78 is 3.53. The number of rotatable bonds is 5. The largest absolute Gasteiger partial charge is 0.368 e. The molecule has 0 aromatic carbocycles. The maximum Gasteiger partial charge on any atom is 0.276 e. The van der Waals surface area contributed by atoms with Crippen LogP contribution in [0, 0.1) is 13.8 Å². The van der Waals surface area contributed by atoms with Gasteiger partial charge in [0.2, 0.25) is 0 Å². The molecule has 1 amide bonds. The molecule has 198 valence electrons. The number of carbonyl (C=O) groups is 1. The van der Waals surface area contributed by atoms with Crippen LogP contribution in [-0.2, 0) is 5.54 Å².